The molecule has 3 rings (SSSR count). The molecular weight excluding hydrogens is 262 g/mol. The van der Waals surface area contributed by atoms with Crippen molar-refractivity contribution in [2.45, 2.75) is 20.4 Å². The highest BCUT2D eigenvalue weighted by molar-refractivity contribution is 5.90. The lowest BCUT2D eigenvalue weighted by atomic mass is 10.3. The van der Waals surface area contributed by atoms with Crippen molar-refractivity contribution in [2.24, 2.45) is 0 Å². The highest BCUT2D eigenvalue weighted by Gasteiger charge is 2.11. The zero-order valence-electron chi connectivity index (χ0n) is 12.1. The highest BCUT2D eigenvalue weighted by atomic mass is 15.1. The number of nitrogens with zero attached hydrogens (tertiary/aromatic N) is 3. The molecular formula is C16H17N5. The van der Waals surface area contributed by atoms with E-state index in [0.717, 1.165) is 28.8 Å². The molecule has 0 aliphatic carbocycles. The van der Waals surface area contributed by atoms with Crippen LogP contribution in [0.4, 0.5) is 0 Å². The predicted molar refractivity (Wildman–Crippen MR) is 82.7 cm³/mol. The molecule has 0 spiro atoms. The van der Waals surface area contributed by atoms with Gasteiger partial charge < -0.3 is 4.57 Å². The van der Waals surface area contributed by atoms with Gasteiger partial charge in [-0.25, -0.2) is 0 Å². The maximum atomic E-state index is 7.99. The smallest absolute Gasteiger partial charge is 0.130 e. The van der Waals surface area contributed by atoms with Gasteiger partial charge in [0, 0.05) is 24.6 Å². The molecule has 0 saturated heterocycles. The van der Waals surface area contributed by atoms with E-state index in [1.165, 1.54) is 0 Å². The first kappa shape index (κ1) is 13.3. The lowest BCUT2D eigenvalue weighted by molar-refractivity contribution is 0.799. The Morgan fingerprint density at radius 1 is 1.24 bits per heavy atom. The molecule has 0 amide bonds. The molecule has 0 aliphatic heterocycles. The van der Waals surface area contributed by atoms with Crippen LogP contribution in [0.15, 0.2) is 42.7 Å². The van der Waals surface area contributed by atoms with E-state index in [4.69, 9.17) is 10.8 Å². The van der Waals surface area contributed by atoms with Crippen molar-refractivity contribution in [1.82, 2.24) is 14.1 Å². The third-order valence-electron chi connectivity index (χ3n) is 3.60. The van der Waals surface area contributed by atoms with E-state index in [0.29, 0.717) is 11.3 Å². The van der Waals surface area contributed by atoms with Gasteiger partial charge in [-0.3, -0.25) is 20.4 Å². The molecule has 3 aromatic rings. The predicted octanol–water partition coefficient (Wildman–Crippen LogP) is 2.52. The van der Waals surface area contributed by atoms with Crippen LogP contribution in [0.2, 0.25) is 0 Å². The number of fused-ring (bicyclic) bond motifs is 1. The summed E-state index contributed by atoms with van der Waals surface area (Å²) >= 11 is 0. The molecule has 0 atom stereocenters. The normalized spacial score (nSPS) is 11.0. The van der Waals surface area contributed by atoms with Crippen molar-refractivity contribution in [3.8, 4) is 0 Å². The SMILES string of the molecule is CC(=N)n1c(=N)ccc2c1cc(C)n2Cc1cccnc1. The van der Waals surface area contributed by atoms with Crippen molar-refractivity contribution in [2.75, 3.05) is 0 Å². The summed E-state index contributed by atoms with van der Waals surface area (Å²) in [5, 5.41) is 15.9. The van der Waals surface area contributed by atoms with Crippen molar-refractivity contribution in [1.29, 1.82) is 10.8 Å². The summed E-state index contributed by atoms with van der Waals surface area (Å²) in [4.78, 5) is 4.15. The summed E-state index contributed by atoms with van der Waals surface area (Å²) in [7, 11) is 0. The van der Waals surface area contributed by atoms with E-state index in [9.17, 15) is 0 Å². The van der Waals surface area contributed by atoms with Crippen LogP contribution < -0.4 is 5.49 Å². The van der Waals surface area contributed by atoms with E-state index in [2.05, 4.69) is 9.55 Å². The van der Waals surface area contributed by atoms with Gasteiger partial charge in [0.1, 0.15) is 11.3 Å². The van der Waals surface area contributed by atoms with E-state index in [-0.39, 0.29) is 0 Å². The van der Waals surface area contributed by atoms with E-state index >= 15 is 0 Å². The third kappa shape index (κ3) is 2.27. The first-order valence-electron chi connectivity index (χ1n) is 6.79. The van der Waals surface area contributed by atoms with Gasteiger partial charge in [0.15, 0.2) is 0 Å². The largest absolute Gasteiger partial charge is 0.339 e. The monoisotopic (exact) mass is 279 g/mol. The minimum Gasteiger partial charge on any atom is -0.339 e. The average molecular weight is 279 g/mol. The Morgan fingerprint density at radius 3 is 2.71 bits per heavy atom. The number of pyridine rings is 2. The molecule has 0 aromatic carbocycles. The molecule has 0 radical (unpaired) electrons. The Hall–Kier alpha value is -2.69. The summed E-state index contributed by atoms with van der Waals surface area (Å²) in [6, 6.07) is 9.69. The van der Waals surface area contributed by atoms with E-state index < -0.39 is 0 Å². The topological polar surface area (TPSA) is 70.5 Å². The fourth-order valence-electron chi connectivity index (χ4n) is 2.64. The Bertz CT molecular complexity index is 871. The van der Waals surface area contributed by atoms with Crippen LogP contribution in [0.3, 0.4) is 0 Å². The van der Waals surface area contributed by atoms with Gasteiger partial charge in [0.2, 0.25) is 0 Å². The van der Waals surface area contributed by atoms with Gasteiger partial charge in [-0.15, -0.1) is 0 Å². The first-order chi connectivity index (χ1) is 10.1. The molecule has 0 aliphatic rings. The van der Waals surface area contributed by atoms with Gasteiger partial charge in [0.05, 0.1) is 11.0 Å². The van der Waals surface area contributed by atoms with Crippen LogP contribution in [0.25, 0.3) is 11.0 Å². The van der Waals surface area contributed by atoms with Crippen LogP contribution in [-0.4, -0.2) is 20.0 Å². The third-order valence-corrected chi connectivity index (χ3v) is 3.60. The molecule has 5 heteroatoms. The summed E-state index contributed by atoms with van der Waals surface area (Å²) in [6.07, 6.45) is 3.63. The van der Waals surface area contributed by atoms with E-state index in [1.807, 2.05) is 37.4 Å². The molecule has 0 unspecified atom stereocenters. The van der Waals surface area contributed by atoms with Gasteiger partial charge in [-0.05, 0) is 43.7 Å². The van der Waals surface area contributed by atoms with Crippen LogP contribution in [0, 0.1) is 17.7 Å². The Kier molecular flexibility index (Phi) is 3.17. The second kappa shape index (κ2) is 5.01. The zero-order chi connectivity index (χ0) is 15.0. The maximum Gasteiger partial charge on any atom is 0.130 e. The number of aryl methyl sites for hydroxylation is 1. The molecule has 0 fully saturated rings. The number of nitrogens with one attached hydrogen (secondary N) is 2. The summed E-state index contributed by atoms with van der Waals surface area (Å²) in [6.45, 7) is 4.48. The standard InChI is InChI=1S/C16H17N5/c1-11-8-15-14(5-6-16(18)21(15)12(2)17)20(11)10-13-4-3-7-19-9-13/h3-9,17-18H,10H2,1-2H3. The Morgan fingerprint density at radius 2 is 2.05 bits per heavy atom. The average Bonchev–Trinajstić information content (AvgIpc) is 2.75. The van der Waals surface area contributed by atoms with Crippen molar-refractivity contribution >= 4 is 16.9 Å². The van der Waals surface area contributed by atoms with Crippen molar-refractivity contribution in [3.05, 3.63) is 59.5 Å². The maximum absolute atomic E-state index is 7.99. The number of hydrogen-bond acceptors (Lipinski definition) is 3. The van der Waals surface area contributed by atoms with E-state index in [1.54, 1.807) is 23.8 Å². The lowest BCUT2D eigenvalue weighted by Gasteiger charge is -2.10. The van der Waals surface area contributed by atoms with Crippen molar-refractivity contribution < 1.29 is 0 Å². The molecule has 3 aromatic heterocycles. The summed E-state index contributed by atoms with van der Waals surface area (Å²) < 4.78 is 3.84. The lowest BCUT2D eigenvalue weighted by Crippen LogP contribution is -2.24. The second-order valence-corrected chi connectivity index (χ2v) is 5.14. The summed E-state index contributed by atoms with van der Waals surface area (Å²) in [5.41, 5.74) is 4.49. The Labute approximate surface area is 122 Å². The van der Waals surface area contributed by atoms with Crippen LogP contribution in [0.1, 0.15) is 18.2 Å². The van der Waals surface area contributed by atoms with Crippen LogP contribution >= 0.6 is 0 Å². The molecule has 0 saturated carbocycles. The number of aromatic nitrogens is 3. The quantitative estimate of drug-likeness (QED) is 0.549. The van der Waals surface area contributed by atoms with Crippen LogP contribution in [0.5, 0.6) is 0 Å². The zero-order valence-corrected chi connectivity index (χ0v) is 12.1. The molecule has 3 heterocycles. The number of rotatable bonds is 2. The van der Waals surface area contributed by atoms with Crippen LogP contribution in [-0.2, 0) is 6.54 Å². The minimum absolute atomic E-state index is 0.327. The molecule has 5 nitrogen and oxygen atoms in total. The molecule has 2 N–H and O–H groups in total. The fourth-order valence-corrected chi connectivity index (χ4v) is 2.64. The molecule has 0 bridgehead atoms. The Balaban J connectivity index is 2.21. The van der Waals surface area contributed by atoms with Gasteiger partial charge in [-0.1, -0.05) is 6.07 Å². The van der Waals surface area contributed by atoms with Gasteiger partial charge in [0.25, 0.3) is 0 Å². The van der Waals surface area contributed by atoms with Gasteiger partial charge >= 0.3 is 0 Å². The van der Waals surface area contributed by atoms with Gasteiger partial charge in [-0.2, -0.15) is 0 Å². The van der Waals surface area contributed by atoms with Crippen molar-refractivity contribution in [3.63, 3.8) is 0 Å². The highest BCUT2D eigenvalue weighted by Crippen LogP contribution is 2.19. The molecule has 106 valence electrons. The number of hydrogen-bond donors (Lipinski definition) is 2. The minimum atomic E-state index is 0.327. The molecule has 21 heavy (non-hydrogen) atoms. The fraction of sp³-hybridized carbons (Fsp3) is 0.188. The first-order valence-corrected chi connectivity index (χ1v) is 6.79. The second-order valence-electron chi connectivity index (χ2n) is 5.14. The summed E-state index contributed by atoms with van der Waals surface area (Å²) in [5.74, 6) is 0.351.